The fourth-order valence-electron chi connectivity index (χ4n) is 1.32. The molecule has 0 atom stereocenters. The molecule has 18 heavy (non-hydrogen) atoms. The summed E-state index contributed by atoms with van der Waals surface area (Å²) in [5.41, 5.74) is 0.727. The van der Waals surface area contributed by atoms with Gasteiger partial charge in [0.05, 0.1) is 0 Å². The first-order chi connectivity index (χ1) is 8.65. The first kappa shape index (κ1) is 12.4. The number of hydrogen-bond acceptors (Lipinski definition) is 2. The Hall–Kier alpha value is -2.01. The molecule has 2 aromatic carbocycles. The van der Waals surface area contributed by atoms with Gasteiger partial charge in [0.25, 0.3) is 5.17 Å². The molecule has 0 aliphatic carbocycles. The van der Waals surface area contributed by atoms with Crippen LogP contribution in [0, 0.1) is 11.6 Å². The largest absolute Gasteiger partial charge is 0.429 e. The zero-order valence-electron chi connectivity index (χ0n) is 9.19. The van der Waals surface area contributed by atoms with Crippen molar-refractivity contribution in [1.82, 2.24) is 0 Å². The molecule has 0 aliphatic rings. The molecule has 0 saturated heterocycles. The van der Waals surface area contributed by atoms with E-state index in [-0.39, 0.29) is 10.9 Å². The maximum atomic E-state index is 13.3. The van der Waals surface area contributed by atoms with Crippen LogP contribution in [-0.4, -0.2) is 5.17 Å². The lowest BCUT2D eigenvalue weighted by Crippen LogP contribution is -2.16. The van der Waals surface area contributed by atoms with Gasteiger partial charge in [-0.2, -0.15) is 0 Å². The van der Waals surface area contributed by atoms with Crippen molar-refractivity contribution in [2.24, 2.45) is 0 Å². The van der Waals surface area contributed by atoms with Crippen molar-refractivity contribution in [3.63, 3.8) is 0 Å². The molecule has 2 aromatic rings. The van der Waals surface area contributed by atoms with E-state index in [0.29, 0.717) is 0 Å². The summed E-state index contributed by atoms with van der Waals surface area (Å²) in [7, 11) is 0. The number of ether oxygens (including phenoxy) is 1. The number of thiocarbonyl (C=S) groups is 1. The van der Waals surface area contributed by atoms with Gasteiger partial charge in [0.2, 0.25) is 0 Å². The van der Waals surface area contributed by atoms with E-state index in [2.05, 4.69) is 5.32 Å². The number of rotatable bonds is 2. The van der Waals surface area contributed by atoms with E-state index in [4.69, 9.17) is 17.0 Å². The normalized spacial score (nSPS) is 9.89. The smallest absolute Gasteiger partial charge is 0.266 e. The third-order valence-corrected chi connectivity index (χ3v) is 2.30. The molecule has 0 radical (unpaired) electrons. The third kappa shape index (κ3) is 3.24. The fourth-order valence-corrected chi connectivity index (χ4v) is 1.53. The standard InChI is InChI=1S/C13H9F2NOS/c14-9-6-7-12(11(15)8-9)17-13(18)16-10-4-2-1-3-5-10/h1-8H,(H,16,18). The average molecular weight is 265 g/mol. The molecule has 2 rings (SSSR count). The van der Waals surface area contributed by atoms with Gasteiger partial charge in [-0.25, -0.2) is 8.78 Å². The van der Waals surface area contributed by atoms with Crippen molar-refractivity contribution >= 4 is 23.1 Å². The molecule has 0 fully saturated rings. The highest BCUT2D eigenvalue weighted by molar-refractivity contribution is 7.80. The van der Waals surface area contributed by atoms with Crippen LogP contribution in [-0.2, 0) is 0 Å². The van der Waals surface area contributed by atoms with E-state index >= 15 is 0 Å². The third-order valence-electron chi connectivity index (χ3n) is 2.12. The average Bonchev–Trinajstić information content (AvgIpc) is 2.34. The van der Waals surface area contributed by atoms with Gasteiger partial charge in [-0.05, 0) is 36.5 Å². The van der Waals surface area contributed by atoms with Crippen molar-refractivity contribution < 1.29 is 13.5 Å². The van der Waals surface area contributed by atoms with Crippen LogP contribution in [0.15, 0.2) is 48.5 Å². The quantitative estimate of drug-likeness (QED) is 0.836. The number of nitrogens with one attached hydrogen (secondary N) is 1. The maximum Gasteiger partial charge on any atom is 0.266 e. The van der Waals surface area contributed by atoms with Gasteiger partial charge < -0.3 is 10.1 Å². The van der Waals surface area contributed by atoms with E-state index in [9.17, 15) is 8.78 Å². The molecule has 0 heterocycles. The van der Waals surface area contributed by atoms with Gasteiger partial charge >= 0.3 is 0 Å². The molecular formula is C13H9F2NOS. The number of anilines is 1. The van der Waals surface area contributed by atoms with Gasteiger partial charge in [0.15, 0.2) is 11.6 Å². The summed E-state index contributed by atoms with van der Waals surface area (Å²) < 4.78 is 31.1. The number of hydrogen-bond donors (Lipinski definition) is 1. The molecule has 5 heteroatoms. The van der Waals surface area contributed by atoms with Crippen LogP contribution >= 0.6 is 12.2 Å². The Morgan fingerprint density at radius 3 is 2.44 bits per heavy atom. The van der Waals surface area contributed by atoms with Gasteiger partial charge in [0.1, 0.15) is 5.82 Å². The molecular weight excluding hydrogens is 256 g/mol. The number of halogens is 2. The Kier molecular flexibility index (Phi) is 3.84. The molecule has 92 valence electrons. The SMILES string of the molecule is Fc1ccc(OC(=S)Nc2ccccc2)c(F)c1. The van der Waals surface area contributed by atoms with Gasteiger partial charge in [-0.15, -0.1) is 0 Å². The van der Waals surface area contributed by atoms with E-state index in [1.165, 1.54) is 6.07 Å². The molecule has 0 unspecified atom stereocenters. The first-order valence-electron chi connectivity index (χ1n) is 5.14. The second-order valence-electron chi connectivity index (χ2n) is 3.46. The highest BCUT2D eigenvalue weighted by Gasteiger charge is 2.07. The summed E-state index contributed by atoms with van der Waals surface area (Å²) in [5.74, 6) is -1.58. The van der Waals surface area contributed by atoms with Crippen LogP contribution in [0.1, 0.15) is 0 Å². The van der Waals surface area contributed by atoms with Gasteiger partial charge in [-0.1, -0.05) is 18.2 Å². The molecule has 0 aliphatic heterocycles. The van der Waals surface area contributed by atoms with Crippen LogP contribution in [0.5, 0.6) is 5.75 Å². The lowest BCUT2D eigenvalue weighted by atomic mass is 10.3. The van der Waals surface area contributed by atoms with Crippen LogP contribution < -0.4 is 10.1 Å². The topological polar surface area (TPSA) is 21.3 Å². The highest BCUT2D eigenvalue weighted by atomic mass is 32.1. The summed E-state index contributed by atoms with van der Waals surface area (Å²) in [6.45, 7) is 0. The second-order valence-corrected chi connectivity index (χ2v) is 3.83. The van der Waals surface area contributed by atoms with E-state index < -0.39 is 11.6 Å². The van der Waals surface area contributed by atoms with Crippen molar-refractivity contribution in [3.8, 4) is 5.75 Å². The lowest BCUT2D eigenvalue weighted by molar-refractivity contribution is 0.489. The molecule has 1 N–H and O–H groups in total. The van der Waals surface area contributed by atoms with Crippen LogP contribution in [0.3, 0.4) is 0 Å². The molecule has 2 nitrogen and oxygen atoms in total. The Morgan fingerprint density at radius 2 is 1.78 bits per heavy atom. The highest BCUT2D eigenvalue weighted by Crippen LogP contribution is 2.18. The second kappa shape index (κ2) is 5.55. The van der Waals surface area contributed by atoms with Crippen LogP contribution in [0.2, 0.25) is 0 Å². The van der Waals surface area contributed by atoms with Crippen LogP contribution in [0.25, 0.3) is 0 Å². The minimum absolute atomic E-state index is 0.00768. The molecule has 0 aromatic heterocycles. The summed E-state index contributed by atoms with van der Waals surface area (Å²) in [4.78, 5) is 0. The minimum atomic E-state index is -0.799. The fraction of sp³-hybridized carbons (Fsp3) is 0. The summed E-state index contributed by atoms with van der Waals surface area (Å²) in [6.07, 6.45) is 0. The lowest BCUT2D eigenvalue weighted by Gasteiger charge is -2.09. The molecule has 0 saturated carbocycles. The van der Waals surface area contributed by atoms with Crippen molar-refractivity contribution in [2.75, 3.05) is 5.32 Å². The Bertz CT molecular complexity index is 560. The summed E-state index contributed by atoms with van der Waals surface area (Å²) in [6, 6.07) is 12.1. The predicted octanol–water partition coefficient (Wildman–Crippen LogP) is 3.74. The Morgan fingerprint density at radius 1 is 1.06 bits per heavy atom. The monoisotopic (exact) mass is 265 g/mol. The number of para-hydroxylation sites is 1. The summed E-state index contributed by atoms with van der Waals surface area (Å²) in [5, 5.41) is 2.77. The van der Waals surface area contributed by atoms with Crippen molar-refractivity contribution in [1.29, 1.82) is 0 Å². The minimum Gasteiger partial charge on any atom is -0.429 e. The van der Waals surface area contributed by atoms with E-state index in [1.54, 1.807) is 12.1 Å². The van der Waals surface area contributed by atoms with Crippen molar-refractivity contribution in [3.05, 3.63) is 60.2 Å². The Balaban J connectivity index is 2.03. The van der Waals surface area contributed by atoms with Gasteiger partial charge in [0, 0.05) is 11.8 Å². The van der Waals surface area contributed by atoms with Crippen molar-refractivity contribution in [2.45, 2.75) is 0 Å². The number of benzene rings is 2. The van der Waals surface area contributed by atoms with E-state index in [1.807, 2.05) is 18.2 Å². The first-order valence-corrected chi connectivity index (χ1v) is 5.55. The predicted molar refractivity (Wildman–Crippen MR) is 69.6 cm³/mol. The van der Waals surface area contributed by atoms with E-state index in [0.717, 1.165) is 17.8 Å². The molecule has 0 amide bonds. The zero-order valence-corrected chi connectivity index (χ0v) is 10.0. The molecule has 0 bridgehead atoms. The summed E-state index contributed by atoms with van der Waals surface area (Å²) >= 11 is 4.92. The Labute approximate surface area is 108 Å². The zero-order chi connectivity index (χ0) is 13.0. The van der Waals surface area contributed by atoms with Gasteiger partial charge in [-0.3, -0.25) is 0 Å². The maximum absolute atomic E-state index is 13.3. The van der Waals surface area contributed by atoms with Crippen LogP contribution in [0.4, 0.5) is 14.5 Å². The molecule has 0 spiro atoms.